The summed E-state index contributed by atoms with van der Waals surface area (Å²) in [5.41, 5.74) is 5.72. The molecule has 1 aliphatic heterocycles. The number of piperazine rings is 1. The Kier molecular flexibility index (Phi) is 3.40. The van der Waals surface area contributed by atoms with E-state index in [0.29, 0.717) is 0 Å². The highest BCUT2D eigenvalue weighted by Crippen LogP contribution is 2.30. The van der Waals surface area contributed by atoms with E-state index >= 15 is 0 Å². The van der Waals surface area contributed by atoms with Gasteiger partial charge < -0.3 is 15.5 Å². The summed E-state index contributed by atoms with van der Waals surface area (Å²) in [5, 5.41) is 0. The number of aromatic nitrogens is 2. The van der Waals surface area contributed by atoms with Crippen molar-refractivity contribution in [1.82, 2.24) is 14.9 Å². The molecular formula is C12H16BrN5O. The van der Waals surface area contributed by atoms with Gasteiger partial charge in [-0.2, -0.15) is 0 Å². The largest absolute Gasteiger partial charge is 0.339 e. The van der Waals surface area contributed by atoms with E-state index in [1.165, 1.54) is 0 Å². The Balaban J connectivity index is 1.57. The van der Waals surface area contributed by atoms with Gasteiger partial charge in [0.2, 0.25) is 11.9 Å². The Morgan fingerprint density at radius 2 is 1.84 bits per heavy atom. The molecule has 19 heavy (non-hydrogen) atoms. The highest BCUT2D eigenvalue weighted by Gasteiger charge is 2.42. The van der Waals surface area contributed by atoms with Crippen molar-refractivity contribution in [3.05, 3.63) is 16.9 Å². The van der Waals surface area contributed by atoms with E-state index in [0.717, 1.165) is 43.0 Å². The molecule has 1 aliphatic carbocycles. The second-order valence-corrected chi connectivity index (χ2v) is 5.94. The van der Waals surface area contributed by atoms with Crippen LogP contribution in [0.5, 0.6) is 0 Å². The fourth-order valence-electron chi connectivity index (χ4n) is 2.33. The van der Waals surface area contributed by atoms with E-state index in [1.54, 1.807) is 12.4 Å². The Hall–Kier alpha value is -1.21. The molecule has 2 N–H and O–H groups in total. The van der Waals surface area contributed by atoms with Crippen molar-refractivity contribution in [2.75, 3.05) is 31.1 Å². The molecule has 2 fully saturated rings. The number of anilines is 1. The molecule has 1 saturated carbocycles. The lowest BCUT2D eigenvalue weighted by Gasteiger charge is -2.34. The van der Waals surface area contributed by atoms with Gasteiger partial charge in [0.25, 0.3) is 0 Å². The molecule has 2 atom stereocenters. The number of hydrogen-bond acceptors (Lipinski definition) is 5. The van der Waals surface area contributed by atoms with Gasteiger partial charge >= 0.3 is 0 Å². The third kappa shape index (κ3) is 2.71. The maximum Gasteiger partial charge on any atom is 0.227 e. The van der Waals surface area contributed by atoms with E-state index in [2.05, 4.69) is 30.8 Å². The van der Waals surface area contributed by atoms with Gasteiger partial charge in [0.1, 0.15) is 0 Å². The van der Waals surface area contributed by atoms with Crippen molar-refractivity contribution in [2.24, 2.45) is 11.7 Å². The number of hydrogen-bond donors (Lipinski definition) is 1. The predicted molar refractivity (Wildman–Crippen MR) is 74.6 cm³/mol. The molecule has 1 aromatic rings. The van der Waals surface area contributed by atoms with Crippen molar-refractivity contribution in [1.29, 1.82) is 0 Å². The lowest BCUT2D eigenvalue weighted by Crippen LogP contribution is -2.50. The van der Waals surface area contributed by atoms with Crippen LogP contribution in [0.1, 0.15) is 6.42 Å². The Morgan fingerprint density at radius 1 is 1.26 bits per heavy atom. The first kappa shape index (κ1) is 12.8. The minimum Gasteiger partial charge on any atom is -0.339 e. The van der Waals surface area contributed by atoms with Crippen LogP contribution in [-0.2, 0) is 4.79 Å². The molecule has 1 saturated heterocycles. The number of halogens is 1. The third-order valence-electron chi connectivity index (χ3n) is 3.64. The Bertz CT molecular complexity index is 472. The zero-order valence-electron chi connectivity index (χ0n) is 10.5. The summed E-state index contributed by atoms with van der Waals surface area (Å²) >= 11 is 3.32. The van der Waals surface area contributed by atoms with Crippen LogP contribution < -0.4 is 10.6 Å². The van der Waals surface area contributed by atoms with Crippen molar-refractivity contribution in [2.45, 2.75) is 12.5 Å². The highest BCUT2D eigenvalue weighted by atomic mass is 79.9. The summed E-state index contributed by atoms with van der Waals surface area (Å²) in [6.07, 6.45) is 4.32. The molecule has 1 amide bonds. The normalized spacial score (nSPS) is 26.4. The van der Waals surface area contributed by atoms with Crippen LogP contribution in [-0.4, -0.2) is 53.0 Å². The van der Waals surface area contributed by atoms with Crippen LogP contribution in [0, 0.1) is 5.92 Å². The maximum absolute atomic E-state index is 12.0. The van der Waals surface area contributed by atoms with Crippen LogP contribution in [0.25, 0.3) is 0 Å². The van der Waals surface area contributed by atoms with Gasteiger partial charge in [0.05, 0.1) is 10.4 Å². The maximum atomic E-state index is 12.0. The molecule has 0 aromatic carbocycles. The average molecular weight is 326 g/mol. The second kappa shape index (κ2) is 5.05. The first-order valence-corrected chi connectivity index (χ1v) is 7.21. The molecule has 2 unspecified atom stereocenters. The summed E-state index contributed by atoms with van der Waals surface area (Å²) in [6.45, 7) is 2.99. The van der Waals surface area contributed by atoms with E-state index in [1.807, 2.05) is 4.90 Å². The molecule has 2 heterocycles. The molecule has 0 bridgehead atoms. The summed E-state index contributed by atoms with van der Waals surface area (Å²) in [4.78, 5) is 24.6. The van der Waals surface area contributed by atoms with Crippen LogP contribution in [0.3, 0.4) is 0 Å². The molecule has 3 rings (SSSR count). The SMILES string of the molecule is NC1CC1C(=O)N1CCN(c2ncc(Br)cn2)CC1. The molecular weight excluding hydrogens is 310 g/mol. The van der Waals surface area contributed by atoms with Crippen LogP contribution >= 0.6 is 15.9 Å². The van der Waals surface area contributed by atoms with Crippen LogP contribution in [0.2, 0.25) is 0 Å². The van der Waals surface area contributed by atoms with E-state index < -0.39 is 0 Å². The molecule has 7 heteroatoms. The van der Waals surface area contributed by atoms with Gasteiger partial charge in [-0.1, -0.05) is 0 Å². The molecule has 2 aliphatic rings. The monoisotopic (exact) mass is 325 g/mol. The predicted octanol–water partition coefficient (Wildman–Crippen LogP) is 0.235. The fourth-order valence-corrected chi connectivity index (χ4v) is 2.53. The second-order valence-electron chi connectivity index (χ2n) is 5.02. The van der Waals surface area contributed by atoms with Gasteiger partial charge in [-0.3, -0.25) is 4.79 Å². The average Bonchev–Trinajstić information content (AvgIpc) is 3.16. The van der Waals surface area contributed by atoms with E-state index in [9.17, 15) is 4.79 Å². The summed E-state index contributed by atoms with van der Waals surface area (Å²) in [7, 11) is 0. The lowest BCUT2D eigenvalue weighted by atomic mass is 10.2. The number of carbonyl (C=O) groups is 1. The van der Waals surface area contributed by atoms with Crippen molar-refractivity contribution in [3.63, 3.8) is 0 Å². The zero-order chi connectivity index (χ0) is 13.4. The van der Waals surface area contributed by atoms with Gasteiger partial charge in [0.15, 0.2) is 0 Å². The Morgan fingerprint density at radius 3 is 2.37 bits per heavy atom. The summed E-state index contributed by atoms with van der Waals surface area (Å²) in [6, 6.07) is 0.0836. The van der Waals surface area contributed by atoms with Crippen LogP contribution in [0.15, 0.2) is 16.9 Å². The van der Waals surface area contributed by atoms with E-state index in [-0.39, 0.29) is 17.9 Å². The van der Waals surface area contributed by atoms with Gasteiger partial charge in [-0.25, -0.2) is 9.97 Å². The minimum absolute atomic E-state index is 0.0653. The number of nitrogens with zero attached hydrogens (tertiary/aromatic N) is 4. The van der Waals surface area contributed by atoms with Crippen LogP contribution in [0.4, 0.5) is 5.95 Å². The van der Waals surface area contributed by atoms with Gasteiger partial charge in [-0.15, -0.1) is 0 Å². The zero-order valence-corrected chi connectivity index (χ0v) is 12.1. The topological polar surface area (TPSA) is 75.4 Å². The number of amides is 1. The molecule has 102 valence electrons. The molecule has 6 nitrogen and oxygen atoms in total. The third-order valence-corrected chi connectivity index (χ3v) is 4.05. The molecule has 1 aromatic heterocycles. The summed E-state index contributed by atoms with van der Waals surface area (Å²) in [5.74, 6) is 0.998. The standard InChI is InChI=1S/C12H16BrN5O/c13-8-6-15-12(16-7-8)18-3-1-17(2-4-18)11(19)9-5-10(9)14/h6-7,9-10H,1-5,14H2. The van der Waals surface area contributed by atoms with Crippen molar-refractivity contribution in [3.8, 4) is 0 Å². The Labute approximate surface area is 120 Å². The number of carbonyl (C=O) groups excluding carboxylic acids is 1. The first-order chi connectivity index (χ1) is 9.15. The van der Waals surface area contributed by atoms with Gasteiger partial charge in [-0.05, 0) is 22.4 Å². The smallest absolute Gasteiger partial charge is 0.227 e. The quantitative estimate of drug-likeness (QED) is 0.842. The lowest BCUT2D eigenvalue weighted by molar-refractivity contribution is -0.132. The fraction of sp³-hybridized carbons (Fsp3) is 0.583. The van der Waals surface area contributed by atoms with Crippen molar-refractivity contribution < 1.29 is 4.79 Å². The summed E-state index contributed by atoms with van der Waals surface area (Å²) < 4.78 is 0.868. The number of rotatable bonds is 2. The van der Waals surface area contributed by atoms with E-state index in [4.69, 9.17) is 5.73 Å². The first-order valence-electron chi connectivity index (χ1n) is 6.42. The highest BCUT2D eigenvalue weighted by molar-refractivity contribution is 9.10. The molecule has 0 radical (unpaired) electrons. The minimum atomic E-state index is 0.0653. The molecule has 0 spiro atoms. The number of nitrogens with two attached hydrogens (primary N) is 1. The van der Waals surface area contributed by atoms with Crippen molar-refractivity contribution >= 4 is 27.8 Å². The van der Waals surface area contributed by atoms with Gasteiger partial charge in [0, 0.05) is 44.6 Å².